The molecular formula is C23H26N4O. The molecule has 0 aliphatic carbocycles. The van der Waals surface area contributed by atoms with Crippen molar-refractivity contribution >= 4 is 11.7 Å². The lowest BCUT2D eigenvalue weighted by Gasteiger charge is -2.23. The fraction of sp³-hybridized carbons (Fsp3) is 0.261. The molecular weight excluding hydrogens is 348 g/mol. The maximum atomic E-state index is 13.1. The van der Waals surface area contributed by atoms with E-state index in [-0.39, 0.29) is 5.91 Å². The molecule has 0 radical (unpaired) electrons. The van der Waals surface area contributed by atoms with Gasteiger partial charge >= 0.3 is 0 Å². The molecule has 0 N–H and O–H groups in total. The fourth-order valence-electron chi connectivity index (χ4n) is 3.09. The van der Waals surface area contributed by atoms with E-state index in [0.717, 1.165) is 11.4 Å². The Morgan fingerprint density at radius 3 is 2.04 bits per heavy atom. The molecule has 0 bridgehead atoms. The van der Waals surface area contributed by atoms with Crippen molar-refractivity contribution < 1.29 is 4.79 Å². The third kappa shape index (κ3) is 4.94. The van der Waals surface area contributed by atoms with Crippen LogP contribution in [0.3, 0.4) is 0 Å². The van der Waals surface area contributed by atoms with Crippen LogP contribution in [-0.2, 0) is 13.1 Å². The molecule has 3 aromatic rings. The van der Waals surface area contributed by atoms with Gasteiger partial charge in [0.25, 0.3) is 5.91 Å². The number of aryl methyl sites for hydroxylation is 1. The number of amides is 1. The molecule has 28 heavy (non-hydrogen) atoms. The maximum Gasteiger partial charge on any atom is 0.272 e. The van der Waals surface area contributed by atoms with Crippen molar-refractivity contribution in [2.45, 2.75) is 26.9 Å². The van der Waals surface area contributed by atoms with E-state index >= 15 is 0 Å². The summed E-state index contributed by atoms with van der Waals surface area (Å²) in [5.41, 5.74) is 2.72. The average molecular weight is 374 g/mol. The van der Waals surface area contributed by atoms with Crippen molar-refractivity contribution in [1.82, 2.24) is 14.9 Å². The zero-order chi connectivity index (χ0) is 19.9. The summed E-state index contributed by atoms with van der Waals surface area (Å²) in [5.74, 6) is 1.26. The minimum Gasteiger partial charge on any atom is -0.355 e. The van der Waals surface area contributed by atoms with Crippen LogP contribution >= 0.6 is 0 Å². The van der Waals surface area contributed by atoms with Gasteiger partial charge in [-0.15, -0.1) is 0 Å². The van der Waals surface area contributed by atoms with Crippen LogP contribution in [0.25, 0.3) is 0 Å². The van der Waals surface area contributed by atoms with E-state index in [2.05, 4.69) is 22.1 Å². The van der Waals surface area contributed by atoms with Gasteiger partial charge < -0.3 is 9.80 Å². The zero-order valence-electron chi connectivity index (χ0n) is 16.7. The lowest BCUT2D eigenvalue weighted by atomic mass is 10.2. The van der Waals surface area contributed by atoms with Crippen LogP contribution in [0.5, 0.6) is 0 Å². The summed E-state index contributed by atoms with van der Waals surface area (Å²) in [7, 11) is 1.98. The van der Waals surface area contributed by atoms with Crippen LogP contribution in [0, 0.1) is 6.92 Å². The van der Waals surface area contributed by atoms with Crippen molar-refractivity contribution in [3.8, 4) is 0 Å². The summed E-state index contributed by atoms with van der Waals surface area (Å²) in [6.07, 6.45) is 0. The second-order valence-electron chi connectivity index (χ2n) is 6.81. The molecule has 1 heterocycles. The first kappa shape index (κ1) is 19.5. The second-order valence-corrected chi connectivity index (χ2v) is 6.81. The Morgan fingerprint density at radius 2 is 1.46 bits per heavy atom. The Kier molecular flexibility index (Phi) is 6.37. The Bertz CT molecular complexity index is 912. The van der Waals surface area contributed by atoms with Gasteiger partial charge in [-0.2, -0.15) is 0 Å². The lowest BCUT2D eigenvalue weighted by molar-refractivity contribution is 0.0746. The highest BCUT2D eigenvalue weighted by molar-refractivity contribution is 5.93. The zero-order valence-corrected chi connectivity index (χ0v) is 16.7. The summed E-state index contributed by atoms with van der Waals surface area (Å²) in [4.78, 5) is 25.9. The van der Waals surface area contributed by atoms with Crippen LogP contribution < -0.4 is 4.90 Å². The molecule has 0 atom stereocenters. The van der Waals surface area contributed by atoms with Gasteiger partial charge in [-0.05, 0) is 25.0 Å². The van der Waals surface area contributed by atoms with Gasteiger partial charge in [-0.25, -0.2) is 9.97 Å². The van der Waals surface area contributed by atoms with E-state index in [1.807, 2.05) is 74.3 Å². The van der Waals surface area contributed by atoms with E-state index in [9.17, 15) is 4.79 Å². The van der Waals surface area contributed by atoms with Crippen molar-refractivity contribution in [1.29, 1.82) is 0 Å². The van der Waals surface area contributed by atoms with Gasteiger partial charge in [0.05, 0.1) is 0 Å². The summed E-state index contributed by atoms with van der Waals surface area (Å²) in [5, 5.41) is 0. The lowest BCUT2D eigenvalue weighted by Crippen LogP contribution is -2.31. The largest absolute Gasteiger partial charge is 0.355 e. The number of hydrogen-bond donors (Lipinski definition) is 0. The van der Waals surface area contributed by atoms with Crippen molar-refractivity contribution in [2.75, 3.05) is 18.5 Å². The standard InChI is InChI=1S/C23H26N4O/c1-4-27(17-20-13-9-6-10-14-20)23(28)21-15-22(25-18(2)24-21)26(3)16-19-11-7-5-8-12-19/h5-15H,4,16-17H2,1-3H3. The van der Waals surface area contributed by atoms with Gasteiger partial charge in [0, 0.05) is 32.7 Å². The quantitative estimate of drug-likeness (QED) is 0.625. The minimum absolute atomic E-state index is 0.0776. The first-order chi connectivity index (χ1) is 13.6. The number of benzene rings is 2. The number of nitrogens with zero attached hydrogens (tertiary/aromatic N) is 4. The predicted molar refractivity (Wildman–Crippen MR) is 112 cm³/mol. The highest BCUT2D eigenvalue weighted by atomic mass is 16.2. The van der Waals surface area contributed by atoms with E-state index < -0.39 is 0 Å². The minimum atomic E-state index is -0.0776. The van der Waals surface area contributed by atoms with Crippen molar-refractivity contribution in [3.05, 3.63) is 89.4 Å². The molecule has 0 spiro atoms. The molecule has 0 saturated heterocycles. The smallest absolute Gasteiger partial charge is 0.272 e. The Hall–Kier alpha value is -3.21. The van der Waals surface area contributed by atoms with Crippen LogP contribution in [0.1, 0.15) is 34.4 Å². The van der Waals surface area contributed by atoms with E-state index in [1.165, 1.54) is 5.56 Å². The topological polar surface area (TPSA) is 49.3 Å². The normalized spacial score (nSPS) is 10.5. The van der Waals surface area contributed by atoms with Gasteiger partial charge in [0.15, 0.2) is 0 Å². The predicted octanol–water partition coefficient (Wildman–Crippen LogP) is 4.08. The van der Waals surface area contributed by atoms with Crippen LogP contribution in [0.15, 0.2) is 66.7 Å². The van der Waals surface area contributed by atoms with Crippen molar-refractivity contribution in [2.24, 2.45) is 0 Å². The van der Waals surface area contributed by atoms with Gasteiger partial charge in [0.1, 0.15) is 17.3 Å². The molecule has 0 unspecified atom stereocenters. The average Bonchev–Trinajstić information content (AvgIpc) is 2.72. The monoisotopic (exact) mass is 374 g/mol. The molecule has 0 aliphatic heterocycles. The molecule has 1 aromatic heterocycles. The number of rotatable bonds is 7. The Labute approximate surface area is 166 Å². The summed E-state index contributed by atoms with van der Waals surface area (Å²) in [6.45, 7) is 5.70. The number of anilines is 1. The number of carbonyl (C=O) groups is 1. The van der Waals surface area contributed by atoms with Crippen molar-refractivity contribution in [3.63, 3.8) is 0 Å². The Balaban J connectivity index is 1.80. The van der Waals surface area contributed by atoms with Crippen LogP contribution in [0.2, 0.25) is 0 Å². The SMILES string of the molecule is CCN(Cc1ccccc1)C(=O)c1cc(N(C)Cc2ccccc2)nc(C)n1. The maximum absolute atomic E-state index is 13.1. The van der Waals surface area contributed by atoms with E-state index in [1.54, 1.807) is 11.0 Å². The highest BCUT2D eigenvalue weighted by Gasteiger charge is 2.18. The Morgan fingerprint density at radius 1 is 0.893 bits per heavy atom. The van der Waals surface area contributed by atoms with Crippen LogP contribution in [0.4, 0.5) is 5.82 Å². The second kappa shape index (κ2) is 9.13. The number of aromatic nitrogens is 2. The first-order valence-corrected chi connectivity index (χ1v) is 9.50. The first-order valence-electron chi connectivity index (χ1n) is 9.50. The third-order valence-electron chi connectivity index (χ3n) is 4.58. The fourth-order valence-corrected chi connectivity index (χ4v) is 3.09. The molecule has 5 nitrogen and oxygen atoms in total. The number of hydrogen-bond acceptors (Lipinski definition) is 4. The number of carbonyl (C=O) groups excluding carboxylic acids is 1. The molecule has 2 aromatic carbocycles. The molecule has 1 amide bonds. The van der Waals surface area contributed by atoms with E-state index in [0.29, 0.717) is 31.2 Å². The van der Waals surface area contributed by atoms with Gasteiger partial charge in [-0.3, -0.25) is 4.79 Å². The summed E-state index contributed by atoms with van der Waals surface area (Å²) >= 11 is 0. The summed E-state index contributed by atoms with van der Waals surface area (Å²) < 4.78 is 0. The highest BCUT2D eigenvalue weighted by Crippen LogP contribution is 2.16. The molecule has 5 heteroatoms. The van der Waals surface area contributed by atoms with Gasteiger partial charge in [0.2, 0.25) is 0 Å². The molecule has 144 valence electrons. The summed E-state index contributed by atoms with van der Waals surface area (Å²) in [6, 6.07) is 22.0. The molecule has 0 fully saturated rings. The molecule has 3 rings (SSSR count). The third-order valence-corrected chi connectivity index (χ3v) is 4.58. The van der Waals surface area contributed by atoms with Gasteiger partial charge in [-0.1, -0.05) is 60.7 Å². The molecule has 0 saturated carbocycles. The van der Waals surface area contributed by atoms with Crippen LogP contribution in [-0.4, -0.2) is 34.4 Å². The molecule has 0 aliphatic rings. The van der Waals surface area contributed by atoms with E-state index in [4.69, 9.17) is 0 Å².